The molecule has 1 saturated heterocycles. The first-order valence-corrected chi connectivity index (χ1v) is 9.83. The Hall–Kier alpha value is -2.41. The summed E-state index contributed by atoms with van der Waals surface area (Å²) in [4.78, 5) is 19.5. The van der Waals surface area contributed by atoms with Gasteiger partial charge in [-0.25, -0.2) is 4.98 Å². The molecule has 0 bridgehead atoms. The van der Waals surface area contributed by atoms with Crippen LogP contribution in [0.1, 0.15) is 16.2 Å². The van der Waals surface area contributed by atoms with Crippen LogP contribution in [0.2, 0.25) is 5.02 Å². The van der Waals surface area contributed by atoms with E-state index in [0.29, 0.717) is 17.1 Å². The Bertz CT molecular complexity index is 995. The average Bonchev–Trinajstić information content (AvgIpc) is 3.03. The van der Waals surface area contributed by atoms with E-state index in [1.165, 1.54) is 0 Å². The van der Waals surface area contributed by atoms with Gasteiger partial charge in [-0.05, 0) is 43.3 Å². The van der Waals surface area contributed by atoms with Gasteiger partial charge in [-0.15, -0.1) is 0 Å². The first-order chi connectivity index (χ1) is 13.6. The molecule has 7 heteroatoms. The van der Waals surface area contributed by atoms with Crippen molar-refractivity contribution in [3.05, 3.63) is 58.9 Å². The molecule has 1 aromatic heterocycles. The number of ether oxygens (including phenoxy) is 1. The van der Waals surface area contributed by atoms with Gasteiger partial charge in [0.25, 0.3) is 5.91 Å². The van der Waals surface area contributed by atoms with Gasteiger partial charge in [-0.3, -0.25) is 14.3 Å². The maximum atomic E-state index is 12.5. The van der Waals surface area contributed by atoms with Crippen molar-refractivity contribution < 1.29 is 9.53 Å². The average molecular weight is 399 g/mol. The van der Waals surface area contributed by atoms with Crippen LogP contribution < -0.4 is 5.32 Å². The number of morpholine rings is 1. The van der Waals surface area contributed by atoms with Crippen molar-refractivity contribution in [1.82, 2.24) is 19.8 Å². The van der Waals surface area contributed by atoms with Crippen molar-refractivity contribution in [2.45, 2.75) is 6.92 Å². The van der Waals surface area contributed by atoms with Gasteiger partial charge in [0.1, 0.15) is 5.82 Å². The van der Waals surface area contributed by atoms with Crippen molar-refractivity contribution >= 4 is 28.5 Å². The van der Waals surface area contributed by atoms with E-state index in [9.17, 15) is 4.79 Å². The first kappa shape index (κ1) is 18.9. The molecule has 0 radical (unpaired) electrons. The van der Waals surface area contributed by atoms with Crippen LogP contribution in [0.15, 0.2) is 42.5 Å². The molecule has 0 saturated carbocycles. The molecule has 4 rings (SSSR count). The van der Waals surface area contributed by atoms with Gasteiger partial charge in [0.05, 0.1) is 24.2 Å². The Kier molecular flexibility index (Phi) is 5.62. The Balaban J connectivity index is 1.49. The van der Waals surface area contributed by atoms with E-state index in [0.717, 1.165) is 55.4 Å². The topological polar surface area (TPSA) is 59.4 Å². The molecular weight excluding hydrogens is 376 g/mol. The van der Waals surface area contributed by atoms with Crippen molar-refractivity contribution in [3.63, 3.8) is 0 Å². The molecule has 6 nitrogen and oxygen atoms in total. The number of rotatable bonds is 5. The van der Waals surface area contributed by atoms with Crippen LogP contribution in [0.4, 0.5) is 0 Å². The molecule has 1 N–H and O–H groups in total. The third-order valence-electron chi connectivity index (χ3n) is 4.97. The van der Waals surface area contributed by atoms with Gasteiger partial charge in [-0.2, -0.15) is 0 Å². The highest BCUT2D eigenvalue weighted by atomic mass is 35.5. The van der Waals surface area contributed by atoms with Gasteiger partial charge >= 0.3 is 0 Å². The normalized spacial score (nSPS) is 15.1. The number of hydrogen-bond acceptors (Lipinski definition) is 4. The summed E-state index contributed by atoms with van der Waals surface area (Å²) in [7, 11) is 0. The molecule has 0 atom stereocenters. The van der Waals surface area contributed by atoms with Gasteiger partial charge in [0, 0.05) is 42.5 Å². The second-order valence-electron chi connectivity index (χ2n) is 6.89. The summed E-state index contributed by atoms with van der Waals surface area (Å²) in [5.74, 6) is 0.771. The largest absolute Gasteiger partial charge is 0.379 e. The minimum atomic E-state index is -0.0786. The number of carbonyl (C=O) groups is 1. The molecule has 28 heavy (non-hydrogen) atoms. The minimum absolute atomic E-state index is 0.0786. The number of aryl methyl sites for hydroxylation is 1. The van der Waals surface area contributed by atoms with E-state index >= 15 is 0 Å². The number of hydrogen-bond donors (Lipinski definition) is 1. The molecule has 0 spiro atoms. The molecule has 1 fully saturated rings. The van der Waals surface area contributed by atoms with Crippen molar-refractivity contribution in [2.75, 3.05) is 39.4 Å². The zero-order valence-corrected chi connectivity index (χ0v) is 16.6. The number of carbonyl (C=O) groups excluding carboxylic acids is 1. The predicted octanol–water partition coefficient (Wildman–Crippen LogP) is 3.05. The Labute approximate surface area is 169 Å². The van der Waals surface area contributed by atoms with E-state index in [2.05, 4.69) is 15.2 Å². The number of benzene rings is 2. The fourth-order valence-corrected chi connectivity index (χ4v) is 3.72. The predicted molar refractivity (Wildman–Crippen MR) is 110 cm³/mol. The SMILES string of the molecule is Cc1nc2cc(C(=O)NCCN3CCOCC3)ccc2n1-c1cccc(Cl)c1. The fraction of sp³-hybridized carbons (Fsp3) is 0.333. The summed E-state index contributed by atoms with van der Waals surface area (Å²) >= 11 is 6.14. The van der Waals surface area contributed by atoms with Gasteiger partial charge in [-0.1, -0.05) is 17.7 Å². The van der Waals surface area contributed by atoms with Gasteiger partial charge in [0.2, 0.25) is 0 Å². The zero-order valence-electron chi connectivity index (χ0n) is 15.8. The highest BCUT2D eigenvalue weighted by Crippen LogP contribution is 2.24. The van der Waals surface area contributed by atoms with Crippen LogP contribution in [0.25, 0.3) is 16.7 Å². The smallest absolute Gasteiger partial charge is 0.251 e. The quantitative estimate of drug-likeness (QED) is 0.717. The van der Waals surface area contributed by atoms with Crippen molar-refractivity contribution in [3.8, 4) is 5.69 Å². The number of aromatic nitrogens is 2. The second kappa shape index (κ2) is 8.31. The Morgan fingerprint density at radius 3 is 2.82 bits per heavy atom. The van der Waals surface area contributed by atoms with Gasteiger partial charge in [0.15, 0.2) is 0 Å². The van der Waals surface area contributed by atoms with Crippen LogP contribution in [0, 0.1) is 6.92 Å². The summed E-state index contributed by atoms with van der Waals surface area (Å²) in [5.41, 5.74) is 3.31. The molecule has 3 aromatic rings. The molecule has 2 heterocycles. The van der Waals surface area contributed by atoms with Crippen LogP contribution in [0.3, 0.4) is 0 Å². The van der Waals surface area contributed by atoms with E-state index in [-0.39, 0.29) is 5.91 Å². The molecule has 1 aliphatic heterocycles. The second-order valence-corrected chi connectivity index (χ2v) is 7.32. The number of fused-ring (bicyclic) bond motifs is 1. The summed E-state index contributed by atoms with van der Waals surface area (Å²) in [6.45, 7) is 6.76. The summed E-state index contributed by atoms with van der Waals surface area (Å²) < 4.78 is 7.39. The number of nitrogens with zero attached hydrogens (tertiary/aromatic N) is 3. The lowest BCUT2D eigenvalue weighted by Gasteiger charge is -2.26. The Morgan fingerprint density at radius 2 is 2.04 bits per heavy atom. The molecule has 1 amide bonds. The monoisotopic (exact) mass is 398 g/mol. The maximum absolute atomic E-state index is 12.5. The highest BCUT2D eigenvalue weighted by Gasteiger charge is 2.14. The van der Waals surface area contributed by atoms with E-state index in [4.69, 9.17) is 16.3 Å². The van der Waals surface area contributed by atoms with Crippen LogP contribution in [-0.4, -0.2) is 59.8 Å². The third kappa shape index (κ3) is 4.04. The lowest BCUT2D eigenvalue weighted by Crippen LogP contribution is -2.41. The summed E-state index contributed by atoms with van der Waals surface area (Å²) in [5, 5.41) is 3.67. The first-order valence-electron chi connectivity index (χ1n) is 9.45. The van der Waals surface area contributed by atoms with Crippen molar-refractivity contribution in [2.24, 2.45) is 0 Å². The molecule has 1 aliphatic rings. The Morgan fingerprint density at radius 1 is 1.21 bits per heavy atom. The van der Waals surface area contributed by atoms with Crippen LogP contribution in [0.5, 0.6) is 0 Å². The van der Waals surface area contributed by atoms with Gasteiger partial charge < -0.3 is 10.1 Å². The highest BCUT2D eigenvalue weighted by molar-refractivity contribution is 6.30. The molecule has 0 aliphatic carbocycles. The standard InChI is InChI=1S/C21H23ClN4O2/c1-15-24-19-13-16(21(27)23-7-8-25-9-11-28-12-10-25)5-6-20(19)26(15)18-4-2-3-17(22)14-18/h2-6,13-14H,7-12H2,1H3,(H,23,27). The van der Waals surface area contributed by atoms with E-state index < -0.39 is 0 Å². The van der Waals surface area contributed by atoms with Crippen molar-refractivity contribution in [1.29, 1.82) is 0 Å². The number of amides is 1. The summed E-state index contributed by atoms with van der Waals surface area (Å²) in [6, 6.07) is 13.3. The third-order valence-corrected chi connectivity index (χ3v) is 5.20. The van der Waals surface area contributed by atoms with Crippen LogP contribution >= 0.6 is 11.6 Å². The lowest BCUT2D eigenvalue weighted by atomic mass is 10.2. The van der Waals surface area contributed by atoms with E-state index in [1.54, 1.807) is 0 Å². The minimum Gasteiger partial charge on any atom is -0.379 e. The number of imidazole rings is 1. The fourth-order valence-electron chi connectivity index (χ4n) is 3.54. The van der Waals surface area contributed by atoms with E-state index in [1.807, 2.05) is 54.0 Å². The zero-order chi connectivity index (χ0) is 19.5. The maximum Gasteiger partial charge on any atom is 0.251 e. The summed E-state index contributed by atoms with van der Waals surface area (Å²) in [6.07, 6.45) is 0. The molecule has 146 valence electrons. The molecule has 0 unspecified atom stereocenters. The molecular formula is C21H23ClN4O2. The number of nitrogens with one attached hydrogen (secondary N) is 1. The lowest BCUT2D eigenvalue weighted by molar-refractivity contribution is 0.0383. The molecule has 2 aromatic carbocycles. The number of halogens is 1. The van der Waals surface area contributed by atoms with Crippen LogP contribution in [-0.2, 0) is 4.74 Å².